The van der Waals surface area contributed by atoms with Crippen LogP contribution in [0.5, 0.6) is 0 Å². The van der Waals surface area contributed by atoms with Gasteiger partial charge in [-0.1, -0.05) is 0 Å². The van der Waals surface area contributed by atoms with Crippen LogP contribution in [0.25, 0.3) is 0 Å². The third-order valence-electron chi connectivity index (χ3n) is 6.06. The van der Waals surface area contributed by atoms with E-state index in [9.17, 15) is 0 Å². The van der Waals surface area contributed by atoms with E-state index < -0.39 is 0 Å². The van der Waals surface area contributed by atoms with Crippen LogP contribution in [-0.4, -0.2) is 21.2 Å². The van der Waals surface area contributed by atoms with Gasteiger partial charge in [0.05, 0.1) is 0 Å². The van der Waals surface area contributed by atoms with Gasteiger partial charge in [0.1, 0.15) is 5.82 Å². The Labute approximate surface area is 119 Å². The Morgan fingerprint density at radius 1 is 1.10 bits per heavy atom. The predicted octanol–water partition coefficient (Wildman–Crippen LogP) is 1.72. The van der Waals surface area contributed by atoms with Crippen molar-refractivity contribution in [1.29, 1.82) is 0 Å². The summed E-state index contributed by atoms with van der Waals surface area (Å²) in [4.78, 5) is 4.17. The van der Waals surface area contributed by atoms with Gasteiger partial charge in [0, 0.05) is 12.5 Å². The zero-order valence-corrected chi connectivity index (χ0v) is 12.0. The van der Waals surface area contributed by atoms with E-state index >= 15 is 0 Å². The predicted molar refractivity (Wildman–Crippen MR) is 77.6 cm³/mol. The largest absolute Gasteiger partial charge is 0.367 e. The number of hydrogen-bond donors (Lipinski definition) is 3. The van der Waals surface area contributed by atoms with Gasteiger partial charge in [-0.15, -0.1) is 5.10 Å². The Kier molecular flexibility index (Phi) is 2.98. The van der Waals surface area contributed by atoms with Crippen molar-refractivity contribution >= 4 is 5.95 Å². The number of nitrogens with two attached hydrogens (primary N) is 2. The molecule has 1 aromatic rings. The number of aromatic amines is 1. The maximum atomic E-state index is 6.56. The van der Waals surface area contributed by atoms with Crippen LogP contribution in [0.4, 0.5) is 5.95 Å². The van der Waals surface area contributed by atoms with Crippen molar-refractivity contribution in [3.05, 3.63) is 5.82 Å². The molecule has 4 aliphatic rings. The fraction of sp³-hybridized carbons (Fsp3) is 0.867. The highest BCUT2D eigenvalue weighted by atomic mass is 15.3. The minimum Gasteiger partial charge on any atom is -0.367 e. The molecule has 0 aliphatic heterocycles. The minimum atomic E-state index is 0.316. The lowest BCUT2D eigenvalue weighted by Gasteiger charge is -2.56. The molecule has 4 bridgehead atoms. The van der Waals surface area contributed by atoms with E-state index in [-0.39, 0.29) is 0 Å². The molecule has 1 unspecified atom stereocenters. The lowest BCUT2D eigenvalue weighted by Crippen LogP contribution is -2.51. The topological polar surface area (TPSA) is 93.6 Å². The molecule has 4 fully saturated rings. The van der Waals surface area contributed by atoms with Crippen LogP contribution < -0.4 is 11.5 Å². The summed E-state index contributed by atoms with van der Waals surface area (Å²) < 4.78 is 0. The van der Waals surface area contributed by atoms with Crippen molar-refractivity contribution < 1.29 is 0 Å². The van der Waals surface area contributed by atoms with Crippen molar-refractivity contribution in [3.63, 3.8) is 0 Å². The van der Waals surface area contributed by atoms with Crippen molar-refractivity contribution in [2.75, 3.05) is 5.73 Å². The van der Waals surface area contributed by atoms with Crippen molar-refractivity contribution in [3.8, 4) is 0 Å². The van der Waals surface area contributed by atoms with Gasteiger partial charge in [0.2, 0.25) is 5.95 Å². The first kappa shape index (κ1) is 12.6. The number of hydrogen-bond acceptors (Lipinski definition) is 4. The van der Waals surface area contributed by atoms with Crippen LogP contribution in [0.2, 0.25) is 0 Å². The first-order valence-electron chi connectivity index (χ1n) is 8.11. The van der Waals surface area contributed by atoms with Crippen LogP contribution in [-0.2, 0) is 6.42 Å². The van der Waals surface area contributed by atoms with E-state index in [4.69, 9.17) is 11.5 Å². The fourth-order valence-corrected chi connectivity index (χ4v) is 5.58. The summed E-state index contributed by atoms with van der Waals surface area (Å²) in [6, 6.07) is 0.316. The Morgan fingerprint density at radius 3 is 2.30 bits per heavy atom. The summed E-state index contributed by atoms with van der Waals surface area (Å²) in [5.74, 6) is 5.82. The smallest absolute Gasteiger partial charge is 0.239 e. The highest BCUT2D eigenvalue weighted by Crippen LogP contribution is 2.57. The van der Waals surface area contributed by atoms with E-state index in [0.29, 0.717) is 12.0 Å². The first-order valence-corrected chi connectivity index (χ1v) is 8.11. The van der Waals surface area contributed by atoms with Crippen molar-refractivity contribution in [2.24, 2.45) is 35.3 Å². The zero-order valence-electron chi connectivity index (χ0n) is 12.0. The summed E-state index contributed by atoms with van der Waals surface area (Å²) in [6.45, 7) is 0. The molecule has 4 aliphatic carbocycles. The quantitative estimate of drug-likeness (QED) is 0.780. The van der Waals surface area contributed by atoms with Gasteiger partial charge in [0.25, 0.3) is 0 Å². The molecule has 20 heavy (non-hydrogen) atoms. The van der Waals surface area contributed by atoms with Crippen molar-refractivity contribution in [2.45, 2.75) is 51.0 Å². The Balaban J connectivity index is 1.40. The lowest BCUT2D eigenvalue weighted by atomic mass is 9.50. The maximum absolute atomic E-state index is 6.56. The molecule has 5 nitrogen and oxygen atoms in total. The third kappa shape index (κ3) is 2.12. The zero-order chi connectivity index (χ0) is 13.7. The molecular weight excluding hydrogens is 250 g/mol. The molecule has 0 amide bonds. The van der Waals surface area contributed by atoms with Crippen LogP contribution in [0, 0.1) is 29.6 Å². The second-order valence-corrected chi connectivity index (χ2v) is 7.35. The second-order valence-electron chi connectivity index (χ2n) is 7.35. The molecule has 0 radical (unpaired) electrons. The van der Waals surface area contributed by atoms with Gasteiger partial charge in [-0.2, -0.15) is 4.98 Å². The fourth-order valence-electron chi connectivity index (χ4n) is 5.58. The van der Waals surface area contributed by atoms with E-state index in [1.165, 1.54) is 32.1 Å². The number of aryl methyl sites for hydroxylation is 1. The summed E-state index contributed by atoms with van der Waals surface area (Å²) in [5.41, 5.74) is 12.1. The SMILES string of the molecule is Nc1n[nH]c(CCC(N)C2C3CC4CC(C3)CC2C4)n1. The highest BCUT2D eigenvalue weighted by molar-refractivity contribution is 5.12. The molecule has 1 aromatic heterocycles. The van der Waals surface area contributed by atoms with Gasteiger partial charge in [-0.25, -0.2) is 0 Å². The molecule has 1 atom stereocenters. The number of nitrogens with zero attached hydrogens (tertiary/aromatic N) is 2. The molecular formula is C15H25N5. The number of aromatic nitrogens is 3. The maximum Gasteiger partial charge on any atom is 0.239 e. The Morgan fingerprint density at radius 2 is 1.75 bits per heavy atom. The molecule has 1 heterocycles. The second kappa shape index (κ2) is 4.72. The van der Waals surface area contributed by atoms with E-state index in [2.05, 4.69) is 15.2 Å². The highest BCUT2D eigenvalue weighted by Gasteiger charge is 2.49. The number of H-pyrrole nitrogens is 1. The molecule has 5 rings (SSSR count). The van der Waals surface area contributed by atoms with E-state index in [0.717, 1.165) is 48.3 Å². The number of nitrogen functional groups attached to an aromatic ring is 1. The summed E-state index contributed by atoms with van der Waals surface area (Å²) in [5, 5.41) is 6.77. The average Bonchev–Trinajstić information content (AvgIpc) is 2.81. The van der Waals surface area contributed by atoms with Gasteiger partial charge in [0.15, 0.2) is 0 Å². The lowest BCUT2D eigenvalue weighted by molar-refractivity contribution is -0.0475. The molecule has 5 N–H and O–H groups in total. The van der Waals surface area contributed by atoms with Crippen molar-refractivity contribution in [1.82, 2.24) is 15.2 Å². The van der Waals surface area contributed by atoms with Crippen LogP contribution in [0.3, 0.4) is 0 Å². The van der Waals surface area contributed by atoms with E-state index in [1.54, 1.807) is 0 Å². The van der Waals surface area contributed by atoms with Crippen LogP contribution >= 0.6 is 0 Å². The molecule has 110 valence electrons. The number of anilines is 1. The molecule has 5 heteroatoms. The monoisotopic (exact) mass is 275 g/mol. The Hall–Kier alpha value is -1.10. The number of rotatable bonds is 4. The first-order chi connectivity index (χ1) is 9.69. The number of nitrogens with one attached hydrogen (secondary N) is 1. The molecule has 0 aromatic carbocycles. The molecule has 0 spiro atoms. The molecule has 4 saturated carbocycles. The Bertz CT molecular complexity index is 454. The summed E-state index contributed by atoms with van der Waals surface area (Å²) in [6.07, 6.45) is 9.16. The van der Waals surface area contributed by atoms with Crippen LogP contribution in [0.15, 0.2) is 0 Å². The van der Waals surface area contributed by atoms with E-state index in [1.807, 2.05) is 0 Å². The molecule has 0 saturated heterocycles. The average molecular weight is 275 g/mol. The third-order valence-corrected chi connectivity index (χ3v) is 6.06. The minimum absolute atomic E-state index is 0.316. The normalized spacial score (nSPS) is 40.1. The summed E-state index contributed by atoms with van der Waals surface area (Å²) in [7, 11) is 0. The summed E-state index contributed by atoms with van der Waals surface area (Å²) >= 11 is 0. The van der Waals surface area contributed by atoms with Gasteiger partial charge in [-0.3, -0.25) is 5.10 Å². The van der Waals surface area contributed by atoms with Crippen LogP contribution in [0.1, 0.15) is 44.3 Å². The van der Waals surface area contributed by atoms with Gasteiger partial charge >= 0.3 is 0 Å². The van der Waals surface area contributed by atoms with Gasteiger partial charge in [-0.05, 0) is 68.1 Å². The standard InChI is InChI=1S/C15H25N5/c16-12(1-2-13-18-15(17)20-19-13)14-10-4-8-3-9(6-10)7-11(14)5-8/h8-12,14H,1-7,16H2,(H3,17,18,19,20). The van der Waals surface area contributed by atoms with Gasteiger partial charge < -0.3 is 11.5 Å².